The molecule has 1 heterocycles. The Morgan fingerprint density at radius 1 is 0.963 bits per heavy atom. The Hall–Kier alpha value is -2.53. The van der Waals surface area contributed by atoms with Gasteiger partial charge in [0, 0.05) is 23.8 Å². The van der Waals surface area contributed by atoms with Crippen LogP contribution in [0.1, 0.15) is 36.0 Å². The van der Waals surface area contributed by atoms with Gasteiger partial charge < -0.3 is 15.0 Å². The van der Waals surface area contributed by atoms with Crippen molar-refractivity contribution in [1.29, 1.82) is 0 Å². The molecule has 2 amide bonds. The van der Waals surface area contributed by atoms with Crippen molar-refractivity contribution in [1.82, 2.24) is 4.90 Å². The lowest BCUT2D eigenvalue weighted by Gasteiger charge is -2.20. The van der Waals surface area contributed by atoms with Crippen LogP contribution in [0.3, 0.4) is 0 Å². The van der Waals surface area contributed by atoms with Crippen LogP contribution in [0, 0.1) is 0 Å². The smallest absolute Gasteiger partial charge is 0.260 e. The van der Waals surface area contributed by atoms with E-state index in [-0.39, 0.29) is 18.4 Å². The zero-order chi connectivity index (χ0) is 19.1. The summed E-state index contributed by atoms with van der Waals surface area (Å²) in [6.45, 7) is 1.49. The number of hydrogen-bond acceptors (Lipinski definition) is 3. The highest BCUT2D eigenvalue weighted by Crippen LogP contribution is 2.21. The van der Waals surface area contributed by atoms with Crippen molar-refractivity contribution in [3.8, 4) is 5.75 Å². The summed E-state index contributed by atoms with van der Waals surface area (Å²) in [6.07, 6.45) is 4.40. The normalized spacial score (nSPS) is 14.3. The molecule has 1 N–H and O–H groups in total. The standard InChI is InChI=1S/C21H23ClN2O3/c22-16-9-11-17(12-10-16)23-21(26)18-7-3-4-8-19(18)27-15-20(25)24-13-5-1-2-6-14-24/h3-4,7-12H,1-2,5-6,13-15H2,(H,23,26). The molecule has 0 atom stereocenters. The molecule has 1 saturated heterocycles. The number of nitrogens with one attached hydrogen (secondary N) is 1. The SMILES string of the molecule is O=C(Nc1ccc(Cl)cc1)c1ccccc1OCC(=O)N1CCCCCC1. The summed E-state index contributed by atoms with van der Waals surface area (Å²) >= 11 is 5.87. The molecule has 3 rings (SSSR count). The minimum absolute atomic E-state index is 0.0372. The molecule has 6 heteroatoms. The molecule has 1 aliphatic rings. The number of para-hydroxylation sites is 1. The fourth-order valence-electron chi connectivity index (χ4n) is 3.06. The van der Waals surface area contributed by atoms with Crippen molar-refractivity contribution in [2.24, 2.45) is 0 Å². The second-order valence-electron chi connectivity index (χ2n) is 6.54. The number of hydrogen-bond donors (Lipinski definition) is 1. The zero-order valence-electron chi connectivity index (χ0n) is 15.1. The molecule has 5 nitrogen and oxygen atoms in total. The summed E-state index contributed by atoms with van der Waals surface area (Å²) in [5.74, 6) is 0.0621. The highest BCUT2D eigenvalue weighted by molar-refractivity contribution is 6.30. The first kappa shape index (κ1) is 19.2. The lowest BCUT2D eigenvalue weighted by atomic mass is 10.2. The van der Waals surface area contributed by atoms with Gasteiger partial charge >= 0.3 is 0 Å². The van der Waals surface area contributed by atoms with Crippen LogP contribution in [0.15, 0.2) is 48.5 Å². The first-order chi connectivity index (χ1) is 13.1. The van der Waals surface area contributed by atoms with Gasteiger partial charge in [0.05, 0.1) is 5.56 Å². The molecule has 0 aliphatic carbocycles. The molecule has 1 aliphatic heterocycles. The van der Waals surface area contributed by atoms with Crippen molar-refractivity contribution in [2.45, 2.75) is 25.7 Å². The number of carbonyl (C=O) groups is 2. The number of ether oxygens (including phenoxy) is 1. The van der Waals surface area contributed by atoms with E-state index in [1.165, 1.54) is 12.8 Å². The summed E-state index contributed by atoms with van der Waals surface area (Å²) < 4.78 is 5.70. The summed E-state index contributed by atoms with van der Waals surface area (Å²) in [6, 6.07) is 13.8. The van der Waals surface area contributed by atoms with Crippen molar-refractivity contribution >= 4 is 29.1 Å². The Balaban J connectivity index is 1.63. The van der Waals surface area contributed by atoms with Gasteiger partial charge in [0.2, 0.25) is 0 Å². The van der Waals surface area contributed by atoms with E-state index in [1.807, 2.05) is 4.90 Å². The second-order valence-corrected chi connectivity index (χ2v) is 6.98. The monoisotopic (exact) mass is 386 g/mol. The fraction of sp³-hybridized carbons (Fsp3) is 0.333. The van der Waals surface area contributed by atoms with Gasteiger partial charge in [0.15, 0.2) is 6.61 Å². The Bertz CT molecular complexity index is 784. The van der Waals surface area contributed by atoms with E-state index in [9.17, 15) is 9.59 Å². The van der Waals surface area contributed by atoms with Gasteiger partial charge in [-0.15, -0.1) is 0 Å². The third-order valence-electron chi connectivity index (χ3n) is 4.54. The van der Waals surface area contributed by atoms with E-state index in [0.717, 1.165) is 25.9 Å². The molecule has 0 saturated carbocycles. The first-order valence-electron chi connectivity index (χ1n) is 9.20. The average Bonchev–Trinajstić information content (AvgIpc) is 2.97. The van der Waals surface area contributed by atoms with Crippen LogP contribution in [0.4, 0.5) is 5.69 Å². The van der Waals surface area contributed by atoms with Gasteiger partial charge in [0.1, 0.15) is 5.75 Å². The topological polar surface area (TPSA) is 58.6 Å². The summed E-state index contributed by atoms with van der Waals surface area (Å²) in [4.78, 5) is 26.9. The minimum atomic E-state index is -0.296. The maximum Gasteiger partial charge on any atom is 0.260 e. The molecule has 0 aromatic heterocycles. The van der Waals surface area contributed by atoms with E-state index in [2.05, 4.69) is 5.32 Å². The largest absolute Gasteiger partial charge is 0.483 e. The molecular formula is C21H23ClN2O3. The fourth-order valence-corrected chi connectivity index (χ4v) is 3.19. The second kappa shape index (κ2) is 9.42. The third-order valence-corrected chi connectivity index (χ3v) is 4.80. The predicted octanol–water partition coefficient (Wildman–Crippen LogP) is 4.37. The number of halogens is 1. The number of likely N-dealkylation sites (tertiary alicyclic amines) is 1. The van der Waals surface area contributed by atoms with E-state index >= 15 is 0 Å². The summed E-state index contributed by atoms with van der Waals surface area (Å²) in [5.41, 5.74) is 1.02. The molecule has 27 heavy (non-hydrogen) atoms. The molecule has 2 aromatic carbocycles. The molecule has 0 radical (unpaired) electrons. The van der Waals surface area contributed by atoms with Crippen molar-refractivity contribution < 1.29 is 14.3 Å². The van der Waals surface area contributed by atoms with Gasteiger partial charge in [-0.3, -0.25) is 9.59 Å². The van der Waals surface area contributed by atoms with Gasteiger partial charge in [-0.1, -0.05) is 36.6 Å². The van der Waals surface area contributed by atoms with Crippen LogP contribution < -0.4 is 10.1 Å². The van der Waals surface area contributed by atoms with Crippen LogP contribution >= 0.6 is 11.6 Å². The van der Waals surface area contributed by atoms with Gasteiger partial charge in [-0.05, 0) is 49.2 Å². The number of nitrogens with zero attached hydrogens (tertiary/aromatic N) is 1. The predicted molar refractivity (Wildman–Crippen MR) is 106 cm³/mol. The Morgan fingerprint density at radius 2 is 1.63 bits per heavy atom. The van der Waals surface area contributed by atoms with Crippen molar-refractivity contribution in [2.75, 3.05) is 25.0 Å². The molecule has 0 spiro atoms. The summed E-state index contributed by atoms with van der Waals surface area (Å²) in [5, 5.41) is 3.41. The third kappa shape index (κ3) is 5.47. The van der Waals surface area contributed by atoms with Crippen LogP contribution in [-0.2, 0) is 4.79 Å². The number of anilines is 1. The van der Waals surface area contributed by atoms with E-state index in [4.69, 9.17) is 16.3 Å². The minimum Gasteiger partial charge on any atom is -0.483 e. The Morgan fingerprint density at radius 3 is 2.33 bits per heavy atom. The Labute approximate surface area is 164 Å². The molecule has 0 unspecified atom stereocenters. The molecular weight excluding hydrogens is 364 g/mol. The van der Waals surface area contributed by atoms with Crippen molar-refractivity contribution in [3.63, 3.8) is 0 Å². The highest BCUT2D eigenvalue weighted by Gasteiger charge is 2.18. The van der Waals surface area contributed by atoms with Crippen LogP contribution in [0.5, 0.6) is 5.75 Å². The molecule has 142 valence electrons. The number of carbonyl (C=O) groups excluding carboxylic acids is 2. The number of amides is 2. The van der Waals surface area contributed by atoms with Gasteiger partial charge in [-0.2, -0.15) is 0 Å². The van der Waals surface area contributed by atoms with E-state index in [0.29, 0.717) is 22.0 Å². The maximum atomic E-state index is 12.6. The highest BCUT2D eigenvalue weighted by atomic mass is 35.5. The van der Waals surface area contributed by atoms with Gasteiger partial charge in [-0.25, -0.2) is 0 Å². The van der Waals surface area contributed by atoms with Crippen LogP contribution in [0.2, 0.25) is 5.02 Å². The molecule has 2 aromatic rings. The zero-order valence-corrected chi connectivity index (χ0v) is 15.9. The molecule has 0 bridgehead atoms. The van der Waals surface area contributed by atoms with Crippen molar-refractivity contribution in [3.05, 3.63) is 59.1 Å². The lowest BCUT2D eigenvalue weighted by molar-refractivity contribution is -0.133. The number of rotatable bonds is 5. The van der Waals surface area contributed by atoms with E-state index in [1.54, 1.807) is 48.5 Å². The summed E-state index contributed by atoms with van der Waals surface area (Å²) in [7, 11) is 0. The molecule has 1 fully saturated rings. The maximum absolute atomic E-state index is 12.6. The lowest BCUT2D eigenvalue weighted by Crippen LogP contribution is -2.35. The number of benzene rings is 2. The quantitative estimate of drug-likeness (QED) is 0.829. The van der Waals surface area contributed by atoms with Gasteiger partial charge in [0.25, 0.3) is 11.8 Å². The Kier molecular flexibility index (Phi) is 6.71. The van der Waals surface area contributed by atoms with E-state index < -0.39 is 0 Å². The average molecular weight is 387 g/mol. The van der Waals surface area contributed by atoms with Crippen LogP contribution in [0.25, 0.3) is 0 Å². The van der Waals surface area contributed by atoms with Crippen LogP contribution in [-0.4, -0.2) is 36.4 Å². The first-order valence-corrected chi connectivity index (χ1v) is 9.58.